The topological polar surface area (TPSA) is 32.8 Å². The highest BCUT2D eigenvalue weighted by molar-refractivity contribution is 6.00. The quantitative estimate of drug-likeness (QED) is 0.830. The standard InChI is InChI=1S/C16H22N2O2/c1-12(2)17-9-10-18(14-7-4-3-6-13(14)17)16(19)15-8-5-11-20-15/h3-4,6-7,12,15H,5,8-11H2,1-2H3. The van der Waals surface area contributed by atoms with Gasteiger partial charge in [-0.1, -0.05) is 12.1 Å². The van der Waals surface area contributed by atoms with E-state index in [1.165, 1.54) is 0 Å². The number of carbonyl (C=O) groups excluding carboxylic acids is 1. The number of hydrogen-bond acceptors (Lipinski definition) is 3. The van der Waals surface area contributed by atoms with Gasteiger partial charge in [-0.25, -0.2) is 0 Å². The molecular weight excluding hydrogens is 252 g/mol. The first kappa shape index (κ1) is 13.4. The highest BCUT2D eigenvalue weighted by Gasteiger charge is 2.33. The molecule has 1 aromatic carbocycles. The van der Waals surface area contributed by atoms with E-state index in [2.05, 4.69) is 24.8 Å². The first-order chi connectivity index (χ1) is 9.68. The van der Waals surface area contributed by atoms with E-state index in [0.717, 1.165) is 37.3 Å². The van der Waals surface area contributed by atoms with E-state index < -0.39 is 0 Å². The zero-order valence-electron chi connectivity index (χ0n) is 12.2. The van der Waals surface area contributed by atoms with E-state index in [0.29, 0.717) is 12.6 Å². The van der Waals surface area contributed by atoms with E-state index in [1.54, 1.807) is 0 Å². The number of hydrogen-bond donors (Lipinski definition) is 0. The average molecular weight is 274 g/mol. The van der Waals surface area contributed by atoms with Gasteiger partial charge in [-0.15, -0.1) is 0 Å². The lowest BCUT2D eigenvalue weighted by molar-refractivity contribution is -0.127. The van der Waals surface area contributed by atoms with Gasteiger partial charge in [0.15, 0.2) is 0 Å². The predicted molar refractivity (Wildman–Crippen MR) is 80.3 cm³/mol. The number of rotatable bonds is 2. The van der Waals surface area contributed by atoms with E-state index >= 15 is 0 Å². The maximum atomic E-state index is 12.6. The van der Waals surface area contributed by atoms with Crippen LogP contribution in [0.1, 0.15) is 26.7 Å². The smallest absolute Gasteiger partial charge is 0.256 e. The molecule has 1 saturated heterocycles. The molecule has 1 atom stereocenters. The lowest BCUT2D eigenvalue weighted by atomic mass is 10.1. The summed E-state index contributed by atoms with van der Waals surface area (Å²) in [6.45, 7) is 6.72. The summed E-state index contributed by atoms with van der Waals surface area (Å²) in [5, 5.41) is 0. The Morgan fingerprint density at radius 3 is 2.65 bits per heavy atom. The molecule has 4 nitrogen and oxygen atoms in total. The zero-order chi connectivity index (χ0) is 14.1. The van der Waals surface area contributed by atoms with E-state index in [-0.39, 0.29) is 12.0 Å². The number of para-hydroxylation sites is 2. The second-order valence-electron chi connectivity index (χ2n) is 5.77. The molecule has 0 aliphatic carbocycles. The van der Waals surface area contributed by atoms with Gasteiger partial charge >= 0.3 is 0 Å². The summed E-state index contributed by atoms with van der Waals surface area (Å²) in [6.07, 6.45) is 1.60. The summed E-state index contributed by atoms with van der Waals surface area (Å²) in [6, 6.07) is 8.62. The Morgan fingerprint density at radius 1 is 1.25 bits per heavy atom. The maximum Gasteiger partial charge on any atom is 0.256 e. The van der Waals surface area contributed by atoms with Crippen LogP contribution in [0.4, 0.5) is 11.4 Å². The van der Waals surface area contributed by atoms with Gasteiger partial charge in [-0.3, -0.25) is 4.79 Å². The van der Waals surface area contributed by atoms with Crippen LogP contribution in [-0.4, -0.2) is 37.7 Å². The molecule has 0 aromatic heterocycles. The fraction of sp³-hybridized carbons (Fsp3) is 0.562. The summed E-state index contributed by atoms with van der Waals surface area (Å²) in [4.78, 5) is 16.9. The predicted octanol–water partition coefficient (Wildman–Crippen LogP) is 2.43. The van der Waals surface area contributed by atoms with Crippen molar-refractivity contribution in [2.45, 2.75) is 38.8 Å². The van der Waals surface area contributed by atoms with Gasteiger partial charge in [-0.2, -0.15) is 0 Å². The first-order valence-electron chi connectivity index (χ1n) is 7.47. The fourth-order valence-corrected chi connectivity index (χ4v) is 3.10. The molecule has 1 aromatic rings. The molecule has 1 fully saturated rings. The number of amides is 1. The number of carbonyl (C=O) groups is 1. The summed E-state index contributed by atoms with van der Waals surface area (Å²) in [5.74, 6) is 0.123. The molecule has 1 unspecified atom stereocenters. The Hall–Kier alpha value is -1.55. The van der Waals surface area contributed by atoms with Gasteiger partial charge in [0.25, 0.3) is 5.91 Å². The Morgan fingerprint density at radius 2 is 2.00 bits per heavy atom. The van der Waals surface area contributed by atoms with Crippen LogP contribution >= 0.6 is 0 Å². The minimum atomic E-state index is -0.242. The molecule has 1 amide bonds. The number of ether oxygens (including phenoxy) is 1. The number of nitrogens with zero attached hydrogens (tertiary/aromatic N) is 2. The average Bonchev–Trinajstić information content (AvgIpc) is 2.99. The van der Waals surface area contributed by atoms with Crippen molar-refractivity contribution in [1.82, 2.24) is 0 Å². The Bertz CT molecular complexity index is 495. The molecule has 3 rings (SSSR count). The molecule has 4 heteroatoms. The van der Waals surface area contributed by atoms with Gasteiger partial charge in [0.1, 0.15) is 6.10 Å². The van der Waals surface area contributed by atoms with E-state index in [4.69, 9.17) is 4.74 Å². The Balaban J connectivity index is 1.90. The monoisotopic (exact) mass is 274 g/mol. The summed E-state index contributed by atoms with van der Waals surface area (Å²) >= 11 is 0. The molecule has 0 saturated carbocycles. The van der Waals surface area contributed by atoms with Crippen LogP contribution in [0, 0.1) is 0 Å². The van der Waals surface area contributed by atoms with Crippen LogP contribution in [0.3, 0.4) is 0 Å². The summed E-state index contributed by atoms with van der Waals surface area (Å²) in [7, 11) is 0. The zero-order valence-corrected chi connectivity index (χ0v) is 12.2. The minimum Gasteiger partial charge on any atom is -0.368 e. The van der Waals surface area contributed by atoms with Gasteiger partial charge < -0.3 is 14.5 Å². The van der Waals surface area contributed by atoms with Crippen LogP contribution in [0.2, 0.25) is 0 Å². The van der Waals surface area contributed by atoms with Crippen molar-refractivity contribution in [3.05, 3.63) is 24.3 Å². The molecule has 0 bridgehead atoms. The third-order valence-electron chi connectivity index (χ3n) is 4.14. The van der Waals surface area contributed by atoms with Crippen LogP contribution in [0.5, 0.6) is 0 Å². The van der Waals surface area contributed by atoms with E-state index in [9.17, 15) is 4.79 Å². The minimum absolute atomic E-state index is 0.123. The highest BCUT2D eigenvalue weighted by atomic mass is 16.5. The van der Waals surface area contributed by atoms with E-state index in [1.807, 2.05) is 23.1 Å². The summed E-state index contributed by atoms with van der Waals surface area (Å²) in [5.41, 5.74) is 2.17. The molecule has 0 spiro atoms. The van der Waals surface area contributed by atoms with Crippen molar-refractivity contribution in [2.24, 2.45) is 0 Å². The molecule has 0 radical (unpaired) electrons. The van der Waals surface area contributed by atoms with Crippen LogP contribution < -0.4 is 9.80 Å². The molecule has 2 heterocycles. The number of anilines is 2. The third-order valence-corrected chi connectivity index (χ3v) is 4.14. The molecule has 20 heavy (non-hydrogen) atoms. The maximum absolute atomic E-state index is 12.6. The Kier molecular flexibility index (Phi) is 3.66. The lowest BCUT2D eigenvalue weighted by Gasteiger charge is -2.40. The second-order valence-corrected chi connectivity index (χ2v) is 5.77. The van der Waals surface area contributed by atoms with Gasteiger partial charge in [-0.05, 0) is 38.8 Å². The summed E-state index contributed by atoms with van der Waals surface area (Å²) < 4.78 is 5.55. The molecule has 108 valence electrons. The normalized spacial score (nSPS) is 22.2. The van der Waals surface area contributed by atoms with Crippen molar-refractivity contribution < 1.29 is 9.53 Å². The highest BCUT2D eigenvalue weighted by Crippen LogP contribution is 2.35. The van der Waals surface area contributed by atoms with Crippen LogP contribution in [-0.2, 0) is 9.53 Å². The molecule has 2 aliphatic rings. The van der Waals surface area contributed by atoms with Crippen molar-refractivity contribution >= 4 is 17.3 Å². The molecule has 0 N–H and O–H groups in total. The van der Waals surface area contributed by atoms with Crippen molar-refractivity contribution in [2.75, 3.05) is 29.5 Å². The Labute approximate surface area is 120 Å². The first-order valence-corrected chi connectivity index (χ1v) is 7.47. The van der Waals surface area contributed by atoms with Crippen molar-refractivity contribution in [1.29, 1.82) is 0 Å². The number of benzene rings is 1. The molecular formula is C16H22N2O2. The van der Waals surface area contributed by atoms with Crippen LogP contribution in [0.25, 0.3) is 0 Å². The van der Waals surface area contributed by atoms with Crippen molar-refractivity contribution in [3.63, 3.8) is 0 Å². The van der Waals surface area contributed by atoms with Crippen molar-refractivity contribution in [3.8, 4) is 0 Å². The molecule has 2 aliphatic heterocycles. The third kappa shape index (κ3) is 2.29. The SMILES string of the molecule is CC(C)N1CCN(C(=O)C2CCCO2)c2ccccc21. The van der Waals surface area contributed by atoms with Gasteiger partial charge in [0.05, 0.1) is 11.4 Å². The van der Waals surface area contributed by atoms with Gasteiger partial charge in [0.2, 0.25) is 0 Å². The van der Waals surface area contributed by atoms with Crippen LogP contribution in [0.15, 0.2) is 24.3 Å². The largest absolute Gasteiger partial charge is 0.368 e. The van der Waals surface area contributed by atoms with Gasteiger partial charge in [0, 0.05) is 25.7 Å². The number of fused-ring (bicyclic) bond motifs is 1. The lowest BCUT2D eigenvalue weighted by Crippen LogP contribution is -2.49. The second kappa shape index (κ2) is 5.44. The fourth-order valence-electron chi connectivity index (χ4n) is 3.10.